The number of alkyl halides is 3. The van der Waals surface area contributed by atoms with Crippen molar-refractivity contribution in [2.75, 3.05) is 13.7 Å². The molecular formula is C29H22F3N3O3. The second kappa shape index (κ2) is 11.0. The largest absolute Gasteiger partial charge is 0.493 e. The maximum atomic E-state index is 13.4. The molecule has 0 aliphatic heterocycles. The average Bonchev–Trinajstić information content (AvgIpc) is 2.91. The van der Waals surface area contributed by atoms with Gasteiger partial charge in [0.2, 0.25) is 0 Å². The molecule has 0 spiro atoms. The summed E-state index contributed by atoms with van der Waals surface area (Å²) in [5.41, 5.74) is 0.282. The SMILES string of the molecule is C#CCOc1c(CC=C)cc(C=Nn2c(-c3cccc(C(F)(F)F)c3)nc3ccccc3c2=O)cc1OC. The van der Waals surface area contributed by atoms with Crippen molar-refractivity contribution >= 4 is 17.1 Å². The first-order valence-corrected chi connectivity index (χ1v) is 11.4. The fourth-order valence-corrected chi connectivity index (χ4v) is 3.87. The lowest BCUT2D eigenvalue weighted by Crippen LogP contribution is -2.20. The molecule has 38 heavy (non-hydrogen) atoms. The van der Waals surface area contributed by atoms with Crippen molar-refractivity contribution in [3.8, 4) is 35.2 Å². The van der Waals surface area contributed by atoms with Gasteiger partial charge in [0.25, 0.3) is 5.56 Å². The van der Waals surface area contributed by atoms with E-state index in [0.29, 0.717) is 29.0 Å². The van der Waals surface area contributed by atoms with E-state index in [2.05, 4.69) is 22.6 Å². The van der Waals surface area contributed by atoms with Crippen LogP contribution in [0.4, 0.5) is 13.2 Å². The Morgan fingerprint density at radius 3 is 2.66 bits per heavy atom. The summed E-state index contributed by atoms with van der Waals surface area (Å²) in [7, 11) is 1.47. The topological polar surface area (TPSA) is 65.7 Å². The average molecular weight is 518 g/mol. The summed E-state index contributed by atoms with van der Waals surface area (Å²) in [6.07, 6.45) is 4.27. The van der Waals surface area contributed by atoms with Crippen molar-refractivity contribution in [1.29, 1.82) is 0 Å². The van der Waals surface area contributed by atoms with Crippen LogP contribution in [0, 0.1) is 12.3 Å². The third kappa shape index (κ3) is 5.44. The standard InChI is InChI=1S/C29H22F3N3O3/c1-4-9-20-15-19(16-25(37-3)26(20)38-14-5-2)18-33-35-27(21-10-8-11-22(17-21)29(30,31)32)34-24-13-7-6-12-23(24)28(35)36/h2,4,6-8,10-13,15-18H,1,9,14H2,3H3. The smallest absolute Gasteiger partial charge is 0.416 e. The highest BCUT2D eigenvalue weighted by Crippen LogP contribution is 2.34. The van der Waals surface area contributed by atoms with E-state index in [-0.39, 0.29) is 23.4 Å². The van der Waals surface area contributed by atoms with Crippen LogP contribution in [-0.2, 0) is 12.6 Å². The quantitative estimate of drug-likeness (QED) is 0.171. The van der Waals surface area contributed by atoms with Gasteiger partial charge in [-0.1, -0.05) is 36.3 Å². The maximum Gasteiger partial charge on any atom is 0.416 e. The molecule has 0 N–H and O–H groups in total. The first-order valence-electron chi connectivity index (χ1n) is 11.4. The number of ether oxygens (including phenoxy) is 2. The normalized spacial score (nSPS) is 11.4. The minimum Gasteiger partial charge on any atom is -0.493 e. The molecule has 0 saturated carbocycles. The lowest BCUT2D eigenvalue weighted by Gasteiger charge is -2.14. The van der Waals surface area contributed by atoms with Gasteiger partial charge in [0.15, 0.2) is 17.3 Å². The molecule has 0 atom stereocenters. The summed E-state index contributed by atoms with van der Waals surface area (Å²) in [6.45, 7) is 3.80. The predicted octanol–water partition coefficient (Wildman–Crippen LogP) is 5.71. The second-order valence-electron chi connectivity index (χ2n) is 8.09. The number of aromatic nitrogens is 2. The number of hydrogen-bond acceptors (Lipinski definition) is 5. The predicted molar refractivity (Wildman–Crippen MR) is 141 cm³/mol. The molecule has 192 valence electrons. The Bertz CT molecular complexity index is 1630. The monoisotopic (exact) mass is 517 g/mol. The van der Waals surface area contributed by atoms with Crippen molar-refractivity contribution in [1.82, 2.24) is 9.66 Å². The van der Waals surface area contributed by atoms with Gasteiger partial charge in [0, 0.05) is 11.1 Å². The van der Waals surface area contributed by atoms with E-state index in [4.69, 9.17) is 15.9 Å². The Morgan fingerprint density at radius 2 is 1.95 bits per heavy atom. The minimum absolute atomic E-state index is 0.0342. The number of halogens is 3. The molecule has 4 rings (SSSR count). The first-order chi connectivity index (χ1) is 18.3. The van der Waals surface area contributed by atoms with Gasteiger partial charge >= 0.3 is 6.18 Å². The van der Waals surface area contributed by atoms with Crippen LogP contribution in [-0.4, -0.2) is 29.6 Å². The molecule has 0 radical (unpaired) electrons. The van der Waals surface area contributed by atoms with Crippen LogP contribution in [0.3, 0.4) is 0 Å². The van der Waals surface area contributed by atoms with Gasteiger partial charge in [-0.05, 0) is 48.4 Å². The van der Waals surface area contributed by atoms with Crippen LogP contribution in [0.5, 0.6) is 11.5 Å². The van der Waals surface area contributed by atoms with E-state index in [9.17, 15) is 18.0 Å². The summed E-state index contributed by atoms with van der Waals surface area (Å²) < 4.78 is 52.3. The van der Waals surface area contributed by atoms with Gasteiger partial charge in [-0.2, -0.15) is 22.9 Å². The van der Waals surface area contributed by atoms with Gasteiger partial charge in [-0.25, -0.2) is 4.98 Å². The molecule has 0 unspecified atom stereocenters. The first kappa shape index (κ1) is 26.2. The van der Waals surface area contributed by atoms with E-state index >= 15 is 0 Å². The summed E-state index contributed by atoms with van der Waals surface area (Å²) in [6, 6.07) is 14.6. The number of terminal acetylenes is 1. The third-order valence-corrected chi connectivity index (χ3v) is 5.56. The van der Waals surface area contributed by atoms with Crippen LogP contribution in [0.25, 0.3) is 22.3 Å². The van der Waals surface area contributed by atoms with E-state index < -0.39 is 17.3 Å². The lowest BCUT2D eigenvalue weighted by atomic mass is 10.1. The highest BCUT2D eigenvalue weighted by molar-refractivity contribution is 5.83. The molecule has 1 heterocycles. The number of rotatable bonds is 8. The molecule has 0 saturated heterocycles. The van der Waals surface area contributed by atoms with Crippen molar-refractivity contribution in [3.63, 3.8) is 0 Å². The molecule has 6 nitrogen and oxygen atoms in total. The van der Waals surface area contributed by atoms with E-state index in [1.54, 1.807) is 42.5 Å². The minimum atomic E-state index is -4.57. The number of fused-ring (bicyclic) bond motifs is 1. The Morgan fingerprint density at radius 1 is 1.16 bits per heavy atom. The lowest BCUT2D eigenvalue weighted by molar-refractivity contribution is -0.137. The van der Waals surface area contributed by atoms with Gasteiger partial charge in [-0.3, -0.25) is 4.79 Å². The summed E-state index contributed by atoms with van der Waals surface area (Å²) in [5.74, 6) is 3.22. The van der Waals surface area contributed by atoms with E-state index in [1.165, 1.54) is 25.5 Å². The number of methoxy groups -OCH3 is 1. The molecule has 0 fully saturated rings. The molecule has 0 amide bonds. The van der Waals surface area contributed by atoms with Crippen LogP contribution in [0.2, 0.25) is 0 Å². The summed E-state index contributed by atoms with van der Waals surface area (Å²) in [5, 5.41) is 4.61. The summed E-state index contributed by atoms with van der Waals surface area (Å²) in [4.78, 5) is 17.9. The number of hydrogen-bond donors (Lipinski definition) is 0. The number of allylic oxidation sites excluding steroid dienone is 1. The molecular weight excluding hydrogens is 495 g/mol. The zero-order valence-electron chi connectivity index (χ0n) is 20.3. The third-order valence-electron chi connectivity index (χ3n) is 5.56. The number of nitrogens with zero attached hydrogens (tertiary/aromatic N) is 3. The zero-order valence-corrected chi connectivity index (χ0v) is 20.3. The summed E-state index contributed by atoms with van der Waals surface area (Å²) >= 11 is 0. The van der Waals surface area contributed by atoms with Crippen LogP contribution in [0.15, 0.2) is 83.2 Å². The fraction of sp³-hybridized carbons (Fsp3) is 0.138. The highest BCUT2D eigenvalue weighted by atomic mass is 19.4. The van der Waals surface area contributed by atoms with Gasteiger partial charge in [0.05, 0.1) is 29.8 Å². The fourth-order valence-electron chi connectivity index (χ4n) is 3.87. The Hall–Kier alpha value is -4.84. The Kier molecular flexibility index (Phi) is 7.63. The number of benzene rings is 3. The molecule has 9 heteroatoms. The van der Waals surface area contributed by atoms with Crippen LogP contribution in [0.1, 0.15) is 16.7 Å². The zero-order chi connectivity index (χ0) is 27.3. The van der Waals surface area contributed by atoms with Crippen molar-refractivity contribution in [2.24, 2.45) is 5.10 Å². The second-order valence-corrected chi connectivity index (χ2v) is 8.09. The number of para-hydroxylation sites is 1. The molecule has 0 bridgehead atoms. The van der Waals surface area contributed by atoms with Crippen molar-refractivity contribution in [2.45, 2.75) is 12.6 Å². The van der Waals surface area contributed by atoms with Gasteiger partial charge in [-0.15, -0.1) is 13.0 Å². The molecule has 0 aliphatic carbocycles. The Balaban J connectivity index is 1.89. The molecule has 1 aromatic heterocycles. The van der Waals surface area contributed by atoms with Crippen LogP contribution >= 0.6 is 0 Å². The van der Waals surface area contributed by atoms with Crippen LogP contribution < -0.4 is 15.0 Å². The highest BCUT2D eigenvalue weighted by Gasteiger charge is 2.31. The van der Waals surface area contributed by atoms with Crippen molar-refractivity contribution < 1.29 is 22.6 Å². The molecule has 3 aromatic carbocycles. The van der Waals surface area contributed by atoms with E-state index in [0.717, 1.165) is 22.4 Å². The molecule has 0 aliphatic rings. The maximum absolute atomic E-state index is 13.4. The van der Waals surface area contributed by atoms with Crippen molar-refractivity contribution in [3.05, 3.63) is 100 Å². The van der Waals surface area contributed by atoms with E-state index in [1.807, 2.05) is 0 Å². The van der Waals surface area contributed by atoms with Gasteiger partial charge in [0.1, 0.15) is 6.61 Å². The Labute approximate surface area is 216 Å². The van der Waals surface area contributed by atoms with Gasteiger partial charge < -0.3 is 9.47 Å². The molecule has 4 aromatic rings.